The van der Waals surface area contributed by atoms with Crippen molar-refractivity contribution in [3.63, 3.8) is 0 Å². The van der Waals surface area contributed by atoms with E-state index in [0.29, 0.717) is 17.3 Å². The number of halogens is 3. The molecule has 1 nitrogen and oxygen atoms in total. The molecule has 0 N–H and O–H groups in total. The lowest BCUT2D eigenvalue weighted by Crippen LogP contribution is -2.10. The molecule has 23 heavy (non-hydrogen) atoms. The predicted molar refractivity (Wildman–Crippen MR) is 95.0 cm³/mol. The van der Waals surface area contributed by atoms with Crippen molar-refractivity contribution in [2.75, 3.05) is 24.4 Å². The van der Waals surface area contributed by atoms with Gasteiger partial charge in [0.2, 0.25) is 0 Å². The lowest BCUT2D eigenvalue weighted by atomic mass is 10.1. The molecule has 0 amide bonds. The van der Waals surface area contributed by atoms with Crippen LogP contribution in [0, 0.1) is 13.8 Å². The van der Waals surface area contributed by atoms with Crippen LogP contribution in [0.15, 0.2) is 17.0 Å². The number of rotatable bonds is 10. The van der Waals surface area contributed by atoms with Gasteiger partial charge < -0.3 is 4.74 Å². The van der Waals surface area contributed by atoms with Crippen molar-refractivity contribution in [2.45, 2.75) is 50.6 Å². The van der Waals surface area contributed by atoms with Gasteiger partial charge in [0, 0.05) is 4.90 Å². The monoisotopic (exact) mass is 366 g/mol. The van der Waals surface area contributed by atoms with Crippen LogP contribution in [-0.2, 0) is 0 Å². The van der Waals surface area contributed by atoms with Gasteiger partial charge in [-0.05, 0) is 55.9 Å². The van der Waals surface area contributed by atoms with Gasteiger partial charge in [0.1, 0.15) is 5.75 Å². The molecule has 0 spiro atoms. The number of ether oxygens (including phenoxy) is 1. The summed E-state index contributed by atoms with van der Waals surface area (Å²) in [6, 6.07) is 3.64. The van der Waals surface area contributed by atoms with Gasteiger partial charge >= 0.3 is 6.18 Å². The van der Waals surface area contributed by atoms with Gasteiger partial charge in [-0.15, -0.1) is 11.8 Å². The topological polar surface area (TPSA) is 9.23 Å². The van der Waals surface area contributed by atoms with E-state index >= 15 is 0 Å². The summed E-state index contributed by atoms with van der Waals surface area (Å²) >= 11 is 2.68. The fraction of sp³-hybridized carbons (Fsp3) is 0.647. The summed E-state index contributed by atoms with van der Waals surface area (Å²) in [7, 11) is 0. The lowest BCUT2D eigenvalue weighted by molar-refractivity contribution is -0.105. The highest BCUT2D eigenvalue weighted by Crippen LogP contribution is 2.33. The first-order valence-electron chi connectivity index (χ1n) is 7.76. The van der Waals surface area contributed by atoms with Crippen molar-refractivity contribution in [2.24, 2.45) is 0 Å². The number of hydrogen-bond donors (Lipinski definition) is 0. The van der Waals surface area contributed by atoms with E-state index in [1.165, 1.54) is 18.6 Å². The molecule has 0 fully saturated rings. The fourth-order valence-electron chi connectivity index (χ4n) is 2.17. The van der Waals surface area contributed by atoms with Crippen LogP contribution in [0.4, 0.5) is 13.2 Å². The Morgan fingerprint density at radius 1 is 1.00 bits per heavy atom. The molecule has 0 heterocycles. The summed E-state index contributed by atoms with van der Waals surface area (Å²) in [5.74, 6) is 1.02. The first kappa shape index (κ1) is 20.6. The summed E-state index contributed by atoms with van der Waals surface area (Å²) in [6.45, 7) is 4.38. The molecule has 6 heteroatoms. The number of hydrogen-bond acceptors (Lipinski definition) is 3. The Bertz CT molecular complexity index is 476. The molecule has 0 bridgehead atoms. The van der Waals surface area contributed by atoms with E-state index in [4.69, 9.17) is 4.74 Å². The summed E-state index contributed by atoms with van der Waals surface area (Å²) in [5, 5.41) is 0. The van der Waals surface area contributed by atoms with Crippen molar-refractivity contribution in [1.29, 1.82) is 0 Å². The minimum absolute atomic E-state index is 0.618. The van der Waals surface area contributed by atoms with E-state index < -0.39 is 11.9 Å². The Morgan fingerprint density at radius 3 is 2.35 bits per heavy atom. The molecule has 0 aliphatic carbocycles. The molecule has 132 valence electrons. The molecular formula is C17H25F3OS2. The maximum Gasteiger partial charge on any atom is 0.398 e. The van der Waals surface area contributed by atoms with Crippen molar-refractivity contribution >= 4 is 23.5 Å². The van der Waals surface area contributed by atoms with Gasteiger partial charge in [-0.2, -0.15) is 24.9 Å². The van der Waals surface area contributed by atoms with Crippen LogP contribution < -0.4 is 4.74 Å². The van der Waals surface area contributed by atoms with Gasteiger partial charge in [0.25, 0.3) is 0 Å². The minimum Gasteiger partial charge on any atom is -0.493 e. The summed E-state index contributed by atoms with van der Waals surface area (Å²) in [4.78, 5) is 0.642. The summed E-state index contributed by atoms with van der Waals surface area (Å²) in [6.07, 6.45) is 2.48. The van der Waals surface area contributed by atoms with E-state index in [-0.39, 0.29) is 0 Å². The Kier molecular flexibility index (Phi) is 9.29. The zero-order chi connectivity index (χ0) is 17.3. The van der Waals surface area contributed by atoms with Crippen LogP contribution >= 0.6 is 23.5 Å². The number of benzene rings is 1. The van der Waals surface area contributed by atoms with E-state index in [0.717, 1.165) is 35.7 Å². The smallest absolute Gasteiger partial charge is 0.398 e. The molecule has 1 aromatic rings. The second-order valence-electron chi connectivity index (χ2n) is 5.54. The third-order valence-corrected chi connectivity index (χ3v) is 5.28. The molecule has 0 radical (unpaired) electrons. The molecule has 1 rings (SSSR count). The third kappa shape index (κ3) is 8.80. The Labute approximate surface area is 145 Å². The van der Waals surface area contributed by atoms with Gasteiger partial charge in [-0.1, -0.05) is 18.9 Å². The number of alkyl halides is 3. The quantitative estimate of drug-likeness (QED) is 0.357. The van der Waals surface area contributed by atoms with Gasteiger partial charge in [0.15, 0.2) is 0 Å². The molecule has 0 saturated heterocycles. The minimum atomic E-state index is -4.15. The molecule has 0 atom stereocenters. The van der Waals surface area contributed by atoms with Crippen LogP contribution in [-0.4, -0.2) is 30.5 Å². The second kappa shape index (κ2) is 10.4. The van der Waals surface area contributed by atoms with Crippen molar-refractivity contribution in [3.8, 4) is 5.75 Å². The number of unbranched alkanes of at least 4 members (excludes halogenated alkanes) is 3. The van der Waals surface area contributed by atoms with Gasteiger partial charge in [-0.3, -0.25) is 0 Å². The molecule has 1 aromatic carbocycles. The van der Waals surface area contributed by atoms with Crippen LogP contribution in [0.2, 0.25) is 0 Å². The second-order valence-corrected chi connectivity index (χ2v) is 7.55. The maximum atomic E-state index is 12.4. The largest absolute Gasteiger partial charge is 0.493 e. The molecule has 0 saturated carbocycles. The van der Waals surface area contributed by atoms with Crippen molar-refractivity contribution in [1.82, 2.24) is 0 Å². The first-order chi connectivity index (χ1) is 10.8. The molecule has 0 unspecified atom stereocenters. The van der Waals surface area contributed by atoms with E-state index in [1.54, 1.807) is 6.07 Å². The highest BCUT2D eigenvalue weighted by Gasteiger charge is 2.27. The lowest BCUT2D eigenvalue weighted by Gasteiger charge is -2.14. The van der Waals surface area contributed by atoms with Crippen molar-refractivity contribution in [3.05, 3.63) is 23.3 Å². The average molecular weight is 367 g/mol. The van der Waals surface area contributed by atoms with Crippen LogP contribution in [0.25, 0.3) is 0 Å². The van der Waals surface area contributed by atoms with Crippen LogP contribution in [0.3, 0.4) is 0 Å². The van der Waals surface area contributed by atoms with Crippen LogP contribution in [0.5, 0.6) is 5.75 Å². The molecular weight excluding hydrogens is 341 g/mol. The van der Waals surface area contributed by atoms with E-state index in [2.05, 4.69) is 6.26 Å². The normalized spacial score (nSPS) is 11.7. The summed E-state index contributed by atoms with van der Waals surface area (Å²) < 4.78 is 42.9. The Morgan fingerprint density at radius 2 is 1.70 bits per heavy atom. The van der Waals surface area contributed by atoms with Gasteiger partial charge in [-0.25, -0.2) is 0 Å². The first-order valence-corrected chi connectivity index (χ1v) is 10.1. The van der Waals surface area contributed by atoms with Crippen molar-refractivity contribution < 1.29 is 17.9 Å². The number of aryl methyl sites for hydroxylation is 2. The highest BCUT2D eigenvalue weighted by atomic mass is 32.2. The van der Waals surface area contributed by atoms with E-state index in [9.17, 15) is 13.2 Å². The fourth-order valence-corrected chi connectivity index (χ4v) is 3.46. The predicted octanol–water partition coefficient (Wildman–Crippen LogP) is 6.26. The van der Waals surface area contributed by atoms with Gasteiger partial charge in [0.05, 0.1) is 12.4 Å². The highest BCUT2D eigenvalue weighted by molar-refractivity contribution is 7.99. The van der Waals surface area contributed by atoms with Crippen LogP contribution in [0.1, 0.15) is 36.8 Å². The molecule has 0 aliphatic rings. The zero-order valence-electron chi connectivity index (χ0n) is 14.0. The standard InChI is InChI=1S/C17H25F3OS2/c1-13-10-14(2)16(23-12-17(18,19)20)11-15(13)21-8-6-4-5-7-9-22-3/h10-11H,4-9,12H2,1-3H3. The SMILES string of the molecule is CSCCCCCCOc1cc(SCC(F)(F)F)c(C)cc1C. The molecule has 0 aliphatic heterocycles. The molecule has 0 aromatic heterocycles. The Hall–Kier alpha value is -0.490. The van der Waals surface area contributed by atoms with E-state index in [1.807, 2.05) is 31.7 Å². The number of thioether (sulfide) groups is 2. The average Bonchev–Trinajstić information content (AvgIpc) is 2.46. The Balaban J connectivity index is 2.48. The third-order valence-electron chi connectivity index (χ3n) is 3.36. The summed E-state index contributed by atoms with van der Waals surface area (Å²) in [5.41, 5.74) is 1.84. The maximum absolute atomic E-state index is 12.4. The zero-order valence-corrected chi connectivity index (χ0v) is 15.6.